The summed E-state index contributed by atoms with van der Waals surface area (Å²) in [6.07, 6.45) is 2.81. The van der Waals surface area contributed by atoms with Crippen LogP contribution in [-0.2, 0) is 0 Å². The molecule has 1 aliphatic heterocycles. The van der Waals surface area contributed by atoms with Gasteiger partial charge in [0.25, 0.3) is 0 Å². The summed E-state index contributed by atoms with van der Waals surface area (Å²) < 4.78 is 0. The number of nitrogens with zero attached hydrogens (tertiary/aromatic N) is 2. The predicted octanol–water partition coefficient (Wildman–Crippen LogP) is 1.33. The minimum Gasteiger partial charge on any atom is -0.301 e. The maximum atomic E-state index is 4.46. The monoisotopic (exact) mass is 214 g/mol. The molecule has 2 aliphatic rings. The molecule has 0 spiro atoms. The van der Waals surface area contributed by atoms with Crippen molar-refractivity contribution in [2.24, 2.45) is 5.41 Å². The summed E-state index contributed by atoms with van der Waals surface area (Å²) in [4.78, 5) is 5.17. The molecule has 2 nitrogen and oxygen atoms in total. The van der Waals surface area contributed by atoms with Crippen molar-refractivity contribution in [2.45, 2.75) is 19.8 Å². The molecule has 2 rings (SSSR count). The van der Waals surface area contributed by atoms with Crippen LogP contribution in [0, 0.1) is 5.41 Å². The molecule has 82 valence electrons. The first kappa shape index (κ1) is 10.8. The van der Waals surface area contributed by atoms with Crippen LogP contribution in [0.3, 0.4) is 0 Å². The lowest BCUT2D eigenvalue weighted by Gasteiger charge is -2.35. The van der Waals surface area contributed by atoms with E-state index in [-0.39, 0.29) is 0 Å². The average molecular weight is 214 g/mol. The average Bonchev–Trinajstić information content (AvgIpc) is 3.00. The van der Waals surface area contributed by atoms with Gasteiger partial charge in [0.2, 0.25) is 0 Å². The summed E-state index contributed by atoms with van der Waals surface area (Å²) in [7, 11) is 0. The highest BCUT2D eigenvalue weighted by Crippen LogP contribution is 2.47. The number of hydrogen-bond acceptors (Lipinski definition) is 3. The maximum Gasteiger partial charge on any atom is 0.0110 e. The zero-order chi connectivity index (χ0) is 10.0. The molecule has 14 heavy (non-hydrogen) atoms. The lowest BCUT2D eigenvalue weighted by molar-refractivity contribution is 0.121. The van der Waals surface area contributed by atoms with E-state index in [2.05, 4.69) is 29.4 Å². The van der Waals surface area contributed by atoms with Crippen LogP contribution in [0.1, 0.15) is 19.8 Å². The number of piperazine rings is 1. The Balaban J connectivity index is 1.73. The summed E-state index contributed by atoms with van der Waals surface area (Å²) in [5.41, 5.74) is 0.609. The quantitative estimate of drug-likeness (QED) is 0.706. The Morgan fingerprint density at radius 2 is 1.64 bits per heavy atom. The molecule has 1 saturated heterocycles. The zero-order valence-electron chi connectivity index (χ0n) is 9.21. The molecule has 0 bridgehead atoms. The second-order valence-electron chi connectivity index (χ2n) is 4.87. The minimum atomic E-state index is 0.609. The Morgan fingerprint density at radius 1 is 1.07 bits per heavy atom. The van der Waals surface area contributed by atoms with E-state index in [1.165, 1.54) is 52.1 Å². The molecule has 0 atom stereocenters. The molecule has 1 heterocycles. The van der Waals surface area contributed by atoms with Crippen LogP contribution in [0.25, 0.3) is 0 Å². The van der Waals surface area contributed by atoms with Crippen molar-refractivity contribution in [3.05, 3.63) is 0 Å². The van der Waals surface area contributed by atoms with Crippen LogP contribution in [0.15, 0.2) is 0 Å². The van der Waals surface area contributed by atoms with Gasteiger partial charge in [-0.1, -0.05) is 6.92 Å². The van der Waals surface area contributed by atoms with Gasteiger partial charge in [0, 0.05) is 32.7 Å². The highest BCUT2D eigenvalue weighted by molar-refractivity contribution is 7.80. The van der Waals surface area contributed by atoms with Crippen LogP contribution >= 0.6 is 12.6 Å². The van der Waals surface area contributed by atoms with Gasteiger partial charge in [-0.15, -0.1) is 0 Å². The van der Waals surface area contributed by atoms with Gasteiger partial charge in [0.05, 0.1) is 0 Å². The van der Waals surface area contributed by atoms with Gasteiger partial charge in [-0.05, 0) is 30.6 Å². The Hall–Kier alpha value is 0.270. The van der Waals surface area contributed by atoms with Gasteiger partial charge in [-0.2, -0.15) is 12.6 Å². The second-order valence-corrected chi connectivity index (χ2v) is 5.18. The van der Waals surface area contributed by atoms with E-state index in [1.54, 1.807) is 0 Å². The molecule has 0 aromatic carbocycles. The van der Waals surface area contributed by atoms with Crippen LogP contribution in [0.4, 0.5) is 0 Å². The fourth-order valence-electron chi connectivity index (χ4n) is 2.28. The van der Waals surface area contributed by atoms with E-state index in [1.807, 2.05) is 0 Å². The van der Waals surface area contributed by atoms with Crippen molar-refractivity contribution < 1.29 is 0 Å². The van der Waals surface area contributed by atoms with E-state index in [0.29, 0.717) is 5.41 Å². The van der Waals surface area contributed by atoms with Gasteiger partial charge in [-0.3, -0.25) is 0 Å². The molecule has 0 aromatic rings. The molecule has 0 unspecified atom stereocenters. The number of rotatable bonds is 4. The SMILES string of the molecule is CCN1CCN(CC2(CS)CC2)CC1. The summed E-state index contributed by atoms with van der Waals surface area (Å²) in [5, 5.41) is 0. The summed E-state index contributed by atoms with van der Waals surface area (Å²) >= 11 is 4.46. The maximum absolute atomic E-state index is 4.46. The molecule has 0 aromatic heterocycles. The minimum absolute atomic E-state index is 0.609. The fraction of sp³-hybridized carbons (Fsp3) is 1.00. The van der Waals surface area contributed by atoms with Gasteiger partial charge in [-0.25, -0.2) is 0 Å². The first-order valence-electron chi connectivity index (χ1n) is 5.83. The number of hydrogen-bond donors (Lipinski definition) is 1. The van der Waals surface area contributed by atoms with E-state index < -0.39 is 0 Å². The Labute approximate surface area is 93.1 Å². The van der Waals surface area contributed by atoms with Crippen molar-refractivity contribution in [3.8, 4) is 0 Å². The normalized spacial score (nSPS) is 27.9. The topological polar surface area (TPSA) is 6.48 Å². The van der Waals surface area contributed by atoms with Crippen LogP contribution < -0.4 is 0 Å². The molecular weight excluding hydrogens is 192 g/mol. The van der Waals surface area contributed by atoms with Crippen molar-refractivity contribution in [1.82, 2.24) is 9.80 Å². The lowest BCUT2D eigenvalue weighted by Crippen LogP contribution is -2.48. The molecule has 0 radical (unpaired) electrons. The van der Waals surface area contributed by atoms with E-state index >= 15 is 0 Å². The van der Waals surface area contributed by atoms with E-state index in [0.717, 1.165) is 5.75 Å². The van der Waals surface area contributed by atoms with E-state index in [9.17, 15) is 0 Å². The van der Waals surface area contributed by atoms with Crippen molar-refractivity contribution in [2.75, 3.05) is 45.0 Å². The fourth-order valence-corrected chi connectivity index (χ4v) is 2.70. The zero-order valence-corrected chi connectivity index (χ0v) is 10.1. The molecule has 1 aliphatic carbocycles. The van der Waals surface area contributed by atoms with Crippen LogP contribution in [-0.4, -0.2) is 54.8 Å². The summed E-state index contributed by atoms with van der Waals surface area (Å²) in [6.45, 7) is 9.83. The van der Waals surface area contributed by atoms with Gasteiger partial charge < -0.3 is 9.80 Å². The predicted molar refractivity (Wildman–Crippen MR) is 64.1 cm³/mol. The highest BCUT2D eigenvalue weighted by atomic mass is 32.1. The van der Waals surface area contributed by atoms with Crippen LogP contribution in [0.5, 0.6) is 0 Å². The molecule has 0 amide bonds. The lowest BCUT2D eigenvalue weighted by atomic mass is 10.1. The standard InChI is InChI=1S/C11H22N2S/c1-2-12-5-7-13(8-6-12)9-11(10-14)3-4-11/h14H,2-10H2,1H3. The van der Waals surface area contributed by atoms with Gasteiger partial charge in [0.15, 0.2) is 0 Å². The molecule has 3 heteroatoms. The van der Waals surface area contributed by atoms with Crippen molar-refractivity contribution in [3.63, 3.8) is 0 Å². The first-order chi connectivity index (χ1) is 6.78. The van der Waals surface area contributed by atoms with Crippen molar-refractivity contribution >= 4 is 12.6 Å². The van der Waals surface area contributed by atoms with Gasteiger partial charge in [0.1, 0.15) is 0 Å². The van der Waals surface area contributed by atoms with Crippen LogP contribution in [0.2, 0.25) is 0 Å². The first-order valence-corrected chi connectivity index (χ1v) is 6.47. The number of thiol groups is 1. The molecule has 2 fully saturated rings. The highest BCUT2D eigenvalue weighted by Gasteiger charge is 2.42. The van der Waals surface area contributed by atoms with Gasteiger partial charge >= 0.3 is 0 Å². The van der Waals surface area contributed by atoms with E-state index in [4.69, 9.17) is 0 Å². The molecule has 0 N–H and O–H groups in total. The molecular formula is C11H22N2S. The molecule has 1 saturated carbocycles. The Bertz CT molecular complexity index is 184. The van der Waals surface area contributed by atoms with Crippen molar-refractivity contribution in [1.29, 1.82) is 0 Å². The third-order valence-corrected chi connectivity index (χ3v) is 4.43. The number of likely N-dealkylation sites (N-methyl/N-ethyl adjacent to an activating group) is 1. The Kier molecular flexibility index (Phi) is 3.40. The smallest absolute Gasteiger partial charge is 0.0110 e. The summed E-state index contributed by atoms with van der Waals surface area (Å²) in [5.74, 6) is 1.08. The second kappa shape index (κ2) is 4.42. The Morgan fingerprint density at radius 3 is 2.07 bits per heavy atom. The third kappa shape index (κ3) is 2.44. The third-order valence-electron chi connectivity index (χ3n) is 3.76. The summed E-state index contributed by atoms with van der Waals surface area (Å²) in [6, 6.07) is 0. The largest absolute Gasteiger partial charge is 0.301 e.